The average Bonchev–Trinajstić information content (AvgIpc) is 2.44. The van der Waals surface area contributed by atoms with Crippen molar-refractivity contribution in [3.63, 3.8) is 0 Å². The summed E-state index contributed by atoms with van der Waals surface area (Å²) in [5, 5.41) is 0. The van der Waals surface area contributed by atoms with Crippen LogP contribution in [0.1, 0.15) is 32.1 Å². The van der Waals surface area contributed by atoms with E-state index in [1.165, 1.54) is 25.3 Å². The zero-order chi connectivity index (χ0) is 15.3. The van der Waals surface area contributed by atoms with E-state index < -0.39 is 15.8 Å². The van der Waals surface area contributed by atoms with Crippen LogP contribution in [-0.4, -0.2) is 27.7 Å². The first-order valence-corrected chi connectivity index (χ1v) is 9.33. The Balaban J connectivity index is 1.83. The second-order valence-corrected chi connectivity index (χ2v) is 7.69. The summed E-state index contributed by atoms with van der Waals surface area (Å²) in [5.41, 5.74) is 0. The van der Waals surface area contributed by atoms with E-state index in [-0.39, 0.29) is 22.0 Å². The van der Waals surface area contributed by atoms with Gasteiger partial charge in [-0.2, -0.15) is 0 Å². The average molecular weight is 380 g/mol. The number of rotatable bonds is 6. The van der Waals surface area contributed by atoms with Crippen LogP contribution in [0.5, 0.6) is 0 Å². The first-order valence-electron chi connectivity index (χ1n) is 7.05. The third kappa shape index (κ3) is 5.02. The van der Waals surface area contributed by atoms with Crippen LogP contribution in [0, 0.1) is 5.82 Å². The van der Waals surface area contributed by atoms with E-state index >= 15 is 0 Å². The molecule has 7 heteroatoms. The smallest absolute Gasteiger partial charge is 0.241 e. The molecule has 0 spiro atoms. The molecule has 4 nitrogen and oxygen atoms in total. The molecule has 0 radical (unpaired) electrons. The van der Waals surface area contributed by atoms with Gasteiger partial charge in [-0.05, 0) is 47.0 Å². The van der Waals surface area contributed by atoms with Crippen molar-refractivity contribution in [1.82, 2.24) is 4.72 Å². The van der Waals surface area contributed by atoms with Gasteiger partial charge < -0.3 is 4.74 Å². The second kappa shape index (κ2) is 7.67. The third-order valence-electron chi connectivity index (χ3n) is 3.48. The molecular formula is C14H19BrFNO3S. The molecule has 0 saturated heterocycles. The monoisotopic (exact) mass is 379 g/mol. The Morgan fingerprint density at radius 1 is 1.29 bits per heavy atom. The molecule has 1 aliphatic rings. The van der Waals surface area contributed by atoms with Crippen molar-refractivity contribution in [3.05, 3.63) is 28.5 Å². The fourth-order valence-corrected chi connectivity index (χ4v) is 4.46. The first kappa shape index (κ1) is 16.9. The molecule has 1 aliphatic carbocycles. The van der Waals surface area contributed by atoms with Crippen molar-refractivity contribution in [3.8, 4) is 0 Å². The van der Waals surface area contributed by atoms with E-state index in [9.17, 15) is 12.8 Å². The van der Waals surface area contributed by atoms with Gasteiger partial charge in [0.1, 0.15) is 5.82 Å². The van der Waals surface area contributed by atoms with Crippen LogP contribution in [0.4, 0.5) is 4.39 Å². The predicted octanol–water partition coefficient (Wildman–Crippen LogP) is 3.22. The van der Waals surface area contributed by atoms with E-state index in [0.29, 0.717) is 6.61 Å². The topological polar surface area (TPSA) is 55.4 Å². The maximum absolute atomic E-state index is 13.0. The lowest BCUT2D eigenvalue weighted by Crippen LogP contribution is -2.29. The Hall–Kier alpha value is -0.500. The van der Waals surface area contributed by atoms with Crippen molar-refractivity contribution < 1.29 is 17.5 Å². The molecule has 1 aromatic rings. The standard InChI is InChI=1S/C14H19BrFNO3S/c15-13-10-11(16)6-7-14(13)21(18,19)17-8-9-20-12-4-2-1-3-5-12/h6-7,10,12,17H,1-5,8-9H2. The van der Waals surface area contributed by atoms with E-state index in [0.717, 1.165) is 25.0 Å². The van der Waals surface area contributed by atoms with Gasteiger partial charge in [0.15, 0.2) is 0 Å². The van der Waals surface area contributed by atoms with E-state index in [2.05, 4.69) is 20.7 Å². The third-order valence-corrected chi connectivity index (χ3v) is 5.92. The molecule has 1 fully saturated rings. The Bertz CT molecular complexity index is 574. The number of benzene rings is 1. The number of hydrogen-bond donors (Lipinski definition) is 1. The van der Waals surface area contributed by atoms with E-state index in [1.807, 2.05) is 0 Å². The molecule has 1 saturated carbocycles. The maximum atomic E-state index is 13.0. The Labute approximate surface area is 133 Å². The Morgan fingerprint density at radius 2 is 2.00 bits per heavy atom. The van der Waals surface area contributed by atoms with Gasteiger partial charge in [0, 0.05) is 11.0 Å². The van der Waals surface area contributed by atoms with Crippen LogP contribution < -0.4 is 4.72 Å². The summed E-state index contributed by atoms with van der Waals surface area (Å²) in [6.07, 6.45) is 5.97. The first-order chi connectivity index (χ1) is 9.99. The molecule has 0 unspecified atom stereocenters. The van der Waals surface area contributed by atoms with Gasteiger partial charge in [-0.3, -0.25) is 0 Å². The fraction of sp³-hybridized carbons (Fsp3) is 0.571. The minimum absolute atomic E-state index is 0.0292. The largest absolute Gasteiger partial charge is 0.377 e. The summed E-state index contributed by atoms with van der Waals surface area (Å²) in [6, 6.07) is 3.49. The fourth-order valence-electron chi connectivity index (χ4n) is 2.40. The number of sulfonamides is 1. The van der Waals surface area contributed by atoms with Gasteiger partial charge in [-0.15, -0.1) is 0 Å². The summed E-state index contributed by atoms with van der Waals surface area (Å²) in [6.45, 7) is 0.561. The highest BCUT2D eigenvalue weighted by molar-refractivity contribution is 9.10. The molecule has 0 amide bonds. The summed E-state index contributed by atoms with van der Waals surface area (Å²) in [5.74, 6) is -0.485. The molecule has 2 rings (SSSR count). The second-order valence-electron chi connectivity index (χ2n) is 5.10. The summed E-state index contributed by atoms with van der Waals surface area (Å²) in [7, 11) is -3.65. The van der Waals surface area contributed by atoms with Crippen LogP contribution in [0.15, 0.2) is 27.6 Å². The quantitative estimate of drug-likeness (QED) is 0.772. The summed E-state index contributed by atoms with van der Waals surface area (Å²) < 4.78 is 45.5. The molecule has 0 atom stereocenters. The molecule has 0 aliphatic heterocycles. The highest BCUT2D eigenvalue weighted by Gasteiger charge is 2.18. The van der Waals surface area contributed by atoms with E-state index in [1.54, 1.807) is 0 Å². The lowest BCUT2D eigenvalue weighted by atomic mass is 9.98. The Kier molecular flexibility index (Phi) is 6.16. The predicted molar refractivity (Wildman–Crippen MR) is 82.1 cm³/mol. The minimum Gasteiger partial charge on any atom is -0.377 e. The molecule has 0 aromatic heterocycles. The molecule has 118 valence electrons. The van der Waals surface area contributed by atoms with Crippen LogP contribution in [-0.2, 0) is 14.8 Å². The van der Waals surface area contributed by atoms with Gasteiger partial charge in [0.25, 0.3) is 0 Å². The minimum atomic E-state index is -3.65. The maximum Gasteiger partial charge on any atom is 0.241 e. The normalized spacial score (nSPS) is 17.0. The number of halogens is 2. The Morgan fingerprint density at radius 3 is 2.67 bits per heavy atom. The SMILES string of the molecule is O=S(=O)(NCCOC1CCCCC1)c1ccc(F)cc1Br. The number of ether oxygens (including phenoxy) is 1. The molecule has 0 heterocycles. The molecular weight excluding hydrogens is 361 g/mol. The number of nitrogens with one attached hydrogen (secondary N) is 1. The lowest BCUT2D eigenvalue weighted by molar-refractivity contribution is 0.0321. The molecule has 21 heavy (non-hydrogen) atoms. The van der Waals surface area contributed by atoms with Crippen LogP contribution >= 0.6 is 15.9 Å². The van der Waals surface area contributed by atoms with Crippen molar-refractivity contribution in [1.29, 1.82) is 0 Å². The number of hydrogen-bond acceptors (Lipinski definition) is 3. The lowest BCUT2D eigenvalue weighted by Gasteiger charge is -2.22. The van der Waals surface area contributed by atoms with Crippen molar-refractivity contribution in [2.45, 2.75) is 43.1 Å². The van der Waals surface area contributed by atoms with Gasteiger partial charge in [0.05, 0.1) is 17.6 Å². The van der Waals surface area contributed by atoms with Crippen LogP contribution in [0.2, 0.25) is 0 Å². The molecule has 1 N–H and O–H groups in total. The van der Waals surface area contributed by atoms with Gasteiger partial charge in [-0.1, -0.05) is 19.3 Å². The van der Waals surface area contributed by atoms with Crippen molar-refractivity contribution >= 4 is 26.0 Å². The van der Waals surface area contributed by atoms with Crippen LogP contribution in [0.25, 0.3) is 0 Å². The molecule has 1 aromatic carbocycles. The van der Waals surface area contributed by atoms with Crippen molar-refractivity contribution in [2.24, 2.45) is 0 Å². The highest BCUT2D eigenvalue weighted by atomic mass is 79.9. The van der Waals surface area contributed by atoms with Crippen molar-refractivity contribution in [2.75, 3.05) is 13.2 Å². The highest BCUT2D eigenvalue weighted by Crippen LogP contribution is 2.23. The zero-order valence-electron chi connectivity index (χ0n) is 11.6. The van der Waals surface area contributed by atoms with Gasteiger partial charge >= 0.3 is 0 Å². The summed E-state index contributed by atoms with van der Waals surface area (Å²) >= 11 is 3.06. The van der Waals surface area contributed by atoms with Gasteiger partial charge in [0.2, 0.25) is 10.0 Å². The van der Waals surface area contributed by atoms with Crippen LogP contribution in [0.3, 0.4) is 0 Å². The van der Waals surface area contributed by atoms with E-state index in [4.69, 9.17) is 4.74 Å². The summed E-state index contributed by atoms with van der Waals surface area (Å²) in [4.78, 5) is 0.0292. The zero-order valence-corrected chi connectivity index (χ0v) is 14.1. The van der Waals surface area contributed by atoms with Gasteiger partial charge in [-0.25, -0.2) is 17.5 Å². The molecule has 0 bridgehead atoms.